The maximum atomic E-state index is 12.1. The maximum Gasteiger partial charge on any atom is 0.410 e. The average Bonchev–Trinajstić information content (AvgIpc) is 3.27. The number of cyclic esters (lactones) is 1. The topological polar surface area (TPSA) is 109 Å². The molecule has 10 heteroatoms. The quantitative estimate of drug-likeness (QED) is 0.398. The molecular formula is C19H26N2O6S2. The summed E-state index contributed by atoms with van der Waals surface area (Å²) in [6.45, 7) is 1.34. The Morgan fingerprint density at radius 3 is 3.00 bits per heavy atom. The van der Waals surface area contributed by atoms with Gasteiger partial charge in [0.1, 0.15) is 6.61 Å². The molecular weight excluding hydrogens is 416 g/mol. The van der Waals surface area contributed by atoms with Gasteiger partial charge in [-0.3, -0.25) is 4.90 Å². The van der Waals surface area contributed by atoms with Crippen LogP contribution in [0.15, 0.2) is 21.9 Å². The van der Waals surface area contributed by atoms with Gasteiger partial charge in [-0.25, -0.2) is 14.6 Å². The zero-order valence-electron chi connectivity index (χ0n) is 16.3. The van der Waals surface area contributed by atoms with E-state index in [1.54, 1.807) is 18.1 Å². The summed E-state index contributed by atoms with van der Waals surface area (Å²) in [5.74, 6) is -0.471. The summed E-state index contributed by atoms with van der Waals surface area (Å²) in [5, 5.41) is 21.1. The summed E-state index contributed by atoms with van der Waals surface area (Å²) in [5.41, 5.74) is -0.0881. The van der Waals surface area contributed by atoms with Gasteiger partial charge in [0.2, 0.25) is 0 Å². The molecule has 1 aromatic rings. The molecule has 1 saturated carbocycles. The molecule has 2 unspecified atom stereocenters. The summed E-state index contributed by atoms with van der Waals surface area (Å²) >= 11 is 2.68. The highest BCUT2D eigenvalue weighted by atomic mass is 32.2. The van der Waals surface area contributed by atoms with Gasteiger partial charge in [-0.2, -0.15) is 0 Å². The monoisotopic (exact) mass is 442 g/mol. The number of ether oxygens (including phenoxy) is 2. The van der Waals surface area contributed by atoms with Crippen molar-refractivity contribution in [3.05, 3.63) is 23.2 Å². The van der Waals surface area contributed by atoms with Crippen LogP contribution >= 0.6 is 23.1 Å². The van der Waals surface area contributed by atoms with E-state index in [1.807, 2.05) is 6.08 Å². The Labute approximate surface area is 177 Å². The Morgan fingerprint density at radius 1 is 1.59 bits per heavy atom. The number of carboxylic acid groups (broad SMARTS) is 1. The number of thioether (sulfide) groups is 1. The van der Waals surface area contributed by atoms with Crippen LogP contribution in [0.4, 0.5) is 4.79 Å². The highest BCUT2D eigenvalue weighted by Gasteiger charge is 2.42. The van der Waals surface area contributed by atoms with Gasteiger partial charge in [0.25, 0.3) is 0 Å². The first-order valence-corrected chi connectivity index (χ1v) is 11.4. The number of aromatic carboxylic acids is 1. The van der Waals surface area contributed by atoms with E-state index in [2.05, 4.69) is 4.98 Å². The van der Waals surface area contributed by atoms with Crippen LogP contribution in [0.5, 0.6) is 0 Å². The Morgan fingerprint density at radius 2 is 2.38 bits per heavy atom. The summed E-state index contributed by atoms with van der Waals surface area (Å²) in [6.07, 6.45) is 6.61. The van der Waals surface area contributed by atoms with Crippen molar-refractivity contribution in [2.45, 2.75) is 42.2 Å². The van der Waals surface area contributed by atoms with Crippen molar-refractivity contribution in [3.8, 4) is 0 Å². The Balaban J connectivity index is 1.52. The van der Waals surface area contributed by atoms with Crippen molar-refractivity contribution in [2.75, 3.05) is 32.6 Å². The molecule has 1 amide bonds. The second-order valence-corrected chi connectivity index (χ2v) is 9.48. The van der Waals surface area contributed by atoms with Gasteiger partial charge in [0, 0.05) is 36.8 Å². The number of carbonyl (C=O) groups is 2. The molecule has 2 atom stereocenters. The molecule has 0 radical (unpaired) electrons. The summed E-state index contributed by atoms with van der Waals surface area (Å²) in [7, 11) is 1.67. The number of rotatable bonds is 11. The molecule has 0 aromatic carbocycles. The molecule has 8 nitrogen and oxygen atoms in total. The lowest BCUT2D eigenvalue weighted by molar-refractivity contribution is -0.0285. The molecule has 1 saturated heterocycles. The molecule has 1 aliphatic heterocycles. The number of aromatic nitrogens is 1. The number of thiazole rings is 1. The lowest BCUT2D eigenvalue weighted by Crippen LogP contribution is -2.41. The highest BCUT2D eigenvalue weighted by Crippen LogP contribution is 2.47. The first-order valence-electron chi connectivity index (χ1n) is 9.55. The third kappa shape index (κ3) is 5.30. The summed E-state index contributed by atoms with van der Waals surface area (Å²) in [4.78, 5) is 28.6. The second-order valence-electron chi connectivity index (χ2n) is 7.28. The van der Waals surface area contributed by atoms with Crippen LogP contribution in [-0.2, 0) is 9.47 Å². The van der Waals surface area contributed by atoms with Crippen LogP contribution in [0.25, 0.3) is 0 Å². The number of hydrogen-bond donors (Lipinski definition) is 2. The van der Waals surface area contributed by atoms with Crippen molar-refractivity contribution in [2.24, 2.45) is 5.41 Å². The van der Waals surface area contributed by atoms with Gasteiger partial charge >= 0.3 is 12.1 Å². The van der Waals surface area contributed by atoms with Gasteiger partial charge in [-0.15, -0.1) is 11.3 Å². The number of aliphatic hydroxyl groups is 1. The van der Waals surface area contributed by atoms with Crippen molar-refractivity contribution < 1.29 is 29.3 Å². The normalized spacial score (nSPS) is 21.9. The van der Waals surface area contributed by atoms with Crippen molar-refractivity contribution in [3.63, 3.8) is 0 Å². The molecule has 2 aliphatic rings. The Hall–Kier alpha value is -1.62. The molecule has 29 heavy (non-hydrogen) atoms. The Kier molecular flexibility index (Phi) is 7.55. The summed E-state index contributed by atoms with van der Waals surface area (Å²) in [6, 6.07) is -0.219. The maximum absolute atomic E-state index is 12.1. The summed E-state index contributed by atoms with van der Waals surface area (Å²) < 4.78 is 11.0. The molecule has 2 N–H and O–H groups in total. The number of nitrogens with zero attached hydrogens (tertiary/aromatic N) is 2. The lowest BCUT2D eigenvalue weighted by Gasteiger charge is -2.44. The SMILES string of the molecule is COCCC1(C(O)C=CC2COC(=O)N2CCSc2nc(C(=O)O)cs2)CCC1. The molecule has 2 fully saturated rings. The van der Waals surface area contributed by atoms with E-state index < -0.39 is 12.1 Å². The minimum Gasteiger partial charge on any atom is -0.476 e. The second kappa shape index (κ2) is 9.92. The van der Waals surface area contributed by atoms with Gasteiger partial charge in [0.15, 0.2) is 10.0 Å². The van der Waals surface area contributed by atoms with Crippen LogP contribution in [0.2, 0.25) is 0 Å². The van der Waals surface area contributed by atoms with Gasteiger partial charge in [-0.05, 0) is 19.3 Å². The predicted molar refractivity (Wildman–Crippen MR) is 110 cm³/mol. The largest absolute Gasteiger partial charge is 0.476 e. The van der Waals surface area contributed by atoms with E-state index in [0.717, 1.165) is 25.7 Å². The molecule has 1 aliphatic carbocycles. The molecule has 160 valence electrons. The van der Waals surface area contributed by atoms with E-state index in [0.29, 0.717) is 23.2 Å². The molecule has 2 heterocycles. The van der Waals surface area contributed by atoms with E-state index in [1.165, 1.54) is 28.5 Å². The molecule has 1 aromatic heterocycles. The number of carboxylic acids is 1. The number of aliphatic hydroxyl groups excluding tert-OH is 1. The first-order chi connectivity index (χ1) is 13.9. The van der Waals surface area contributed by atoms with Gasteiger partial charge in [-0.1, -0.05) is 30.3 Å². The fourth-order valence-electron chi connectivity index (χ4n) is 3.60. The van der Waals surface area contributed by atoms with E-state index in [9.17, 15) is 14.7 Å². The van der Waals surface area contributed by atoms with E-state index in [-0.39, 0.29) is 29.9 Å². The van der Waals surface area contributed by atoms with Crippen LogP contribution in [0, 0.1) is 5.41 Å². The molecule has 0 spiro atoms. The zero-order valence-corrected chi connectivity index (χ0v) is 17.9. The number of carbonyl (C=O) groups excluding carboxylic acids is 1. The minimum atomic E-state index is -1.05. The van der Waals surface area contributed by atoms with Crippen LogP contribution in [0.3, 0.4) is 0 Å². The van der Waals surface area contributed by atoms with E-state index >= 15 is 0 Å². The standard InChI is InChI=1S/C19H26N2O6S2/c1-26-9-7-19(5-2-6-19)15(22)4-3-13-11-27-18(25)21(13)8-10-28-17-20-14(12-29-17)16(23)24/h3-4,12-13,15,22H,2,5-11H2,1H3,(H,23,24). The predicted octanol–water partition coefficient (Wildman–Crippen LogP) is 2.88. The minimum absolute atomic E-state index is 0.0336. The van der Waals surface area contributed by atoms with Gasteiger partial charge < -0.3 is 19.7 Å². The molecule has 0 bridgehead atoms. The third-order valence-corrected chi connectivity index (χ3v) is 7.57. The molecule has 3 rings (SSSR count). The van der Waals surface area contributed by atoms with Crippen LogP contribution in [-0.4, -0.2) is 76.9 Å². The van der Waals surface area contributed by atoms with Crippen LogP contribution in [0.1, 0.15) is 36.2 Å². The van der Waals surface area contributed by atoms with Crippen molar-refractivity contribution >= 4 is 35.2 Å². The van der Waals surface area contributed by atoms with Crippen molar-refractivity contribution in [1.82, 2.24) is 9.88 Å². The van der Waals surface area contributed by atoms with E-state index in [4.69, 9.17) is 14.6 Å². The smallest absolute Gasteiger partial charge is 0.410 e. The fourth-order valence-corrected chi connectivity index (χ4v) is 5.41. The number of methoxy groups -OCH3 is 1. The fraction of sp³-hybridized carbons (Fsp3) is 0.632. The number of hydrogen-bond acceptors (Lipinski definition) is 8. The average molecular weight is 443 g/mol. The van der Waals surface area contributed by atoms with Gasteiger partial charge in [0.05, 0.1) is 12.1 Å². The first kappa shape index (κ1) is 22.1. The van der Waals surface area contributed by atoms with Crippen LogP contribution < -0.4 is 0 Å². The number of amides is 1. The third-order valence-electron chi connectivity index (χ3n) is 5.57. The van der Waals surface area contributed by atoms with Crippen molar-refractivity contribution in [1.29, 1.82) is 0 Å². The zero-order chi connectivity index (χ0) is 20.9. The lowest BCUT2D eigenvalue weighted by atomic mass is 9.63. The Bertz CT molecular complexity index is 749. The highest BCUT2D eigenvalue weighted by molar-refractivity contribution is 8.01.